The topological polar surface area (TPSA) is 80.9 Å². The molecule has 2 aliphatic carbocycles. The number of ether oxygens (including phenoxy) is 4. The van der Waals surface area contributed by atoms with Crippen LogP contribution in [0.4, 0.5) is 0 Å². The van der Waals surface area contributed by atoms with Crippen LogP contribution in [0.5, 0.6) is 11.5 Å². The Labute approximate surface area is 407 Å². The molecule has 1 saturated carbocycles. The van der Waals surface area contributed by atoms with E-state index in [4.69, 9.17) is 18.9 Å². The number of nitrogens with zero attached hydrogens (tertiary/aromatic N) is 2. The lowest BCUT2D eigenvalue weighted by Gasteiger charge is -2.23. The number of esters is 2. The summed E-state index contributed by atoms with van der Waals surface area (Å²) in [5.41, 5.74) is 12.0. The van der Waals surface area contributed by atoms with E-state index >= 15 is 0 Å². The molecule has 4 aromatic carbocycles. The number of fused-ring (bicyclic) bond motifs is 2. The lowest BCUT2D eigenvalue weighted by atomic mass is 9.83. The average Bonchev–Trinajstić information content (AvgIpc) is 4.15. The maximum atomic E-state index is 12.4. The molecule has 8 nitrogen and oxygen atoms in total. The minimum absolute atomic E-state index is 0.222. The van der Waals surface area contributed by atoms with Crippen LogP contribution >= 0.6 is 22.7 Å². The van der Waals surface area contributed by atoms with Crippen molar-refractivity contribution in [3.63, 3.8) is 0 Å². The van der Waals surface area contributed by atoms with Gasteiger partial charge in [0.2, 0.25) is 0 Å². The second kappa shape index (κ2) is 21.7. The fourth-order valence-corrected chi connectivity index (χ4v) is 12.2. The zero-order valence-corrected chi connectivity index (χ0v) is 41.1. The maximum absolute atomic E-state index is 12.4. The van der Waals surface area contributed by atoms with Crippen LogP contribution in [0.1, 0.15) is 119 Å². The Morgan fingerprint density at radius 2 is 1.04 bits per heavy atom. The highest BCUT2D eigenvalue weighted by molar-refractivity contribution is 7.21. The predicted molar refractivity (Wildman–Crippen MR) is 277 cm³/mol. The number of thiophene rings is 2. The van der Waals surface area contributed by atoms with Crippen molar-refractivity contribution in [3.05, 3.63) is 165 Å². The van der Waals surface area contributed by atoms with Crippen molar-refractivity contribution in [2.75, 3.05) is 13.2 Å². The van der Waals surface area contributed by atoms with Gasteiger partial charge in [0, 0.05) is 25.6 Å². The zero-order chi connectivity index (χ0) is 47.0. The van der Waals surface area contributed by atoms with Crippen molar-refractivity contribution in [2.24, 2.45) is 14.1 Å². The van der Waals surface area contributed by atoms with Gasteiger partial charge in [-0.1, -0.05) is 92.1 Å². The number of carbonyl (C=O) groups is 2. The summed E-state index contributed by atoms with van der Waals surface area (Å²) in [6, 6.07) is 41.2. The van der Waals surface area contributed by atoms with Crippen molar-refractivity contribution in [1.82, 2.24) is 9.13 Å². The van der Waals surface area contributed by atoms with Gasteiger partial charge in [-0.25, -0.2) is 9.59 Å². The van der Waals surface area contributed by atoms with E-state index in [-0.39, 0.29) is 11.9 Å². The molecule has 68 heavy (non-hydrogen) atoms. The molecule has 0 spiro atoms. The quantitative estimate of drug-likeness (QED) is 0.0798. The lowest BCUT2D eigenvalue weighted by Crippen LogP contribution is -2.06. The van der Waals surface area contributed by atoms with Gasteiger partial charge in [-0.05, 0) is 140 Å². The summed E-state index contributed by atoms with van der Waals surface area (Å²) < 4.78 is 29.5. The van der Waals surface area contributed by atoms with Crippen LogP contribution in [0, 0.1) is 0 Å². The summed E-state index contributed by atoms with van der Waals surface area (Å²) >= 11 is 3.13. The lowest BCUT2D eigenvalue weighted by molar-refractivity contribution is 0.0522. The van der Waals surface area contributed by atoms with Crippen LogP contribution < -0.4 is 9.47 Å². The number of allylic oxidation sites excluding steroid dienone is 2. The van der Waals surface area contributed by atoms with Crippen LogP contribution in [-0.2, 0) is 36.8 Å². The molecule has 350 valence electrons. The summed E-state index contributed by atoms with van der Waals surface area (Å²) in [5.74, 6) is 2.13. The van der Waals surface area contributed by atoms with E-state index in [2.05, 4.69) is 96.0 Å². The van der Waals surface area contributed by atoms with Gasteiger partial charge in [0.1, 0.15) is 34.5 Å². The highest BCUT2D eigenvalue weighted by Crippen LogP contribution is 2.48. The number of aromatic nitrogens is 2. The van der Waals surface area contributed by atoms with E-state index in [1.807, 2.05) is 74.5 Å². The highest BCUT2D eigenvalue weighted by Gasteiger charge is 2.29. The third kappa shape index (κ3) is 10.2. The summed E-state index contributed by atoms with van der Waals surface area (Å²) in [4.78, 5) is 26.2. The Balaban J connectivity index is 0.000000170. The minimum Gasteiger partial charge on any atom is -0.489 e. The third-order valence-electron chi connectivity index (χ3n) is 13.2. The Morgan fingerprint density at radius 3 is 1.50 bits per heavy atom. The van der Waals surface area contributed by atoms with Gasteiger partial charge < -0.3 is 28.1 Å². The number of hydrogen-bond acceptors (Lipinski definition) is 8. The van der Waals surface area contributed by atoms with E-state index in [0.717, 1.165) is 52.1 Å². The molecule has 4 aromatic heterocycles. The monoisotopic (exact) mass is 944 g/mol. The molecule has 0 N–H and O–H groups in total. The molecule has 1 atom stereocenters. The second-order valence-corrected chi connectivity index (χ2v) is 19.7. The summed E-state index contributed by atoms with van der Waals surface area (Å²) in [6.07, 6.45) is 14.3. The van der Waals surface area contributed by atoms with Crippen LogP contribution in [0.15, 0.2) is 133 Å². The molecule has 0 amide bonds. The highest BCUT2D eigenvalue weighted by atomic mass is 32.1. The maximum Gasteiger partial charge on any atom is 0.348 e. The van der Waals surface area contributed by atoms with E-state index in [1.54, 1.807) is 22.7 Å². The van der Waals surface area contributed by atoms with Crippen LogP contribution in [0.25, 0.3) is 42.9 Å². The summed E-state index contributed by atoms with van der Waals surface area (Å²) in [6.45, 7) is 5.58. The van der Waals surface area contributed by atoms with E-state index in [0.29, 0.717) is 48.0 Å². The van der Waals surface area contributed by atoms with Crippen LogP contribution in [0.3, 0.4) is 0 Å². The Morgan fingerprint density at radius 1 is 0.574 bits per heavy atom. The number of benzene rings is 4. The van der Waals surface area contributed by atoms with Crippen molar-refractivity contribution < 1.29 is 28.5 Å². The second-order valence-electron chi connectivity index (χ2n) is 17.6. The van der Waals surface area contributed by atoms with Crippen LogP contribution in [0.2, 0.25) is 0 Å². The van der Waals surface area contributed by atoms with Gasteiger partial charge in [0.15, 0.2) is 0 Å². The molecular weight excluding hydrogens is 885 g/mol. The molecule has 0 aliphatic heterocycles. The molecule has 10 heteroatoms. The molecule has 2 aliphatic rings. The first-order chi connectivity index (χ1) is 33.3. The van der Waals surface area contributed by atoms with Gasteiger partial charge in [-0.2, -0.15) is 0 Å². The number of aryl methyl sites for hydroxylation is 2. The first kappa shape index (κ1) is 46.7. The van der Waals surface area contributed by atoms with Gasteiger partial charge in [-0.3, -0.25) is 0 Å². The zero-order valence-electron chi connectivity index (χ0n) is 39.5. The largest absolute Gasteiger partial charge is 0.489 e. The molecule has 1 unspecified atom stereocenters. The molecule has 0 bridgehead atoms. The Kier molecular flexibility index (Phi) is 14.9. The summed E-state index contributed by atoms with van der Waals surface area (Å²) in [5, 5.41) is 0. The SMILES string of the molecule is CCOC(=O)c1cc2c(s1)c(C1C=CCCC1)c(-c1ccc(OCc3ccccc3)cc1)n2C.CCOC(=O)c1cc2c(s1)c(C1CCCCC1)c(-c1ccc(OCc3ccccc3)cc1)n2C. The molecule has 10 rings (SSSR count). The normalized spacial score (nSPS) is 15.0. The minimum atomic E-state index is -0.240. The number of rotatable bonds is 14. The molecule has 4 heterocycles. The number of hydrogen-bond donors (Lipinski definition) is 0. The van der Waals surface area contributed by atoms with Gasteiger partial charge in [0.05, 0.1) is 45.0 Å². The molecule has 8 aromatic rings. The Hall–Kier alpha value is -6.36. The van der Waals surface area contributed by atoms with Crippen molar-refractivity contribution in [2.45, 2.75) is 90.3 Å². The smallest absolute Gasteiger partial charge is 0.348 e. The van der Waals surface area contributed by atoms with Gasteiger partial charge in [-0.15, -0.1) is 22.7 Å². The van der Waals surface area contributed by atoms with E-state index < -0.39 is 0 Å². The van der Waals surface area contributed by atoms with Crippen molar-refractivity contribution >= 4 is 55.0 Å². The van der Waals surface area contributed by atoms with Crippen LogP contribution in [-0.4, -0.2) is 34.3 Å². The predicted octanol–water partition coefficient (Wildman–Crippen LogP) is 15.2. The van der Waals surface area contributed by atoms with Crippen molar-refractivity contribution in [3.8, 4) is 34.0 Å². The first-order valence-corrected chi connectivity index (χ1v) is 25.7. The van der Waals surface area contributed by atoms with E-state index in [9.17, 15) is 9.59 Å². The third-order valence-corrected chi connectivity index (χ3v) is 15.4. The van der Waals surface area contributed by atoms with Gasteiger partial charge >= 0.3 is 11.9 Å². The van der Waals surface area contributed by atoms with E-state index in [1.165, 1.54) is 76.0 Å². The first-order valence-electron chi connectivity index (χ1n) is 24.1. The standard InChI is InChI=1S/C29H31NO3S.C29H29NO3S/c2*1-3-32-29(31)25-18-24-28(34-25)26(21-12-8-5-9-13-21)27(30(24)2)22-14-16-23(17-15-22)33-19-20-10-6-4-7-11-20/h4,6-7,10-11,14-18,21H,3,5,8-9,12-13,19H2,1-2H3;4,6-8,10-12,14-18,21H,3,5,9,13,19H2,1-2H3. The molecule has 1 fully saturated rings. The molecule has 0 saturated heterocycles. The fraction of sp³-hybridized carbons (Fsp3) is 0.310. The van der Waals surface area contributed by atoms with Gasteiger partial charge in [0.25, 0.3) is 0 Å². The van der Waals surface area contributed by atoms with Crippen molar-refractivity contribution in [1.29, 1.82) is 0 Å². The number of carbonyl (C=O) groups excluding carboxylic acids is 2. The molecular formula is C58H60N2O6S2. The fourth-order valence-electron chi connectivity index (χ4n) is 9.84. The Bertz CT molecular complexity index is 2990. The molecule has 0 radical (unpaired) electrons. The average molecular weight is 945 g/mol. The summed E-state index contributed by atoms with van der Waals surface area (Å²) in [7, 11) is 4.21.